The maximum Gasteiger partial charge on any atom is 0.310 e. The Morgan fingerprint density at radius 1 is 1.22 bits per heavy atom. The fraction of sp³-hybridized carbons (Fsp3) is 0.550. The molecular weight excluding hydrogens is 348 g/mol. The number of hydrogen-bond acceptors (Lipinski definition) is 5. The Hall–Kier alpha value is -2.57. The van der Waals surface area contributed by atoms with E-state index < -0.39 is 0 Å². The number of hydrogen-bond donors (Lipinski definition) is 0. The van der Waals surface area contributed by atoms with Crippen LogP contribution in [0.25, 0.3) is 0 Å². The molecule has 0 bridgehead atoms. The molecule has 2 amide bonds. The minimum atomic E-state index is -0.385. The van der Waals surface area contributed by atoms with Crippen LogP contribution in [0.1, 0.15) is 26.2 Å². The van der Waals surface area contributed by atoms with Gasteiger partial charge in [-0.25, -0.2) is 0 Å². The van der Waals surface area contributed by atoms with Gasteiger partial charge in [0.05, 0.1) is 25.6 Å². The zero-order valence-corrected chi connectivity index (χ0v) is 15.8. The molecule has 2 atom stereocenters. The Bertz CT molecular complexity index is 720. The van der Waals surface area contributed by atoms with Crippen molar-refractivity contribution >= 4 is 23.5 Å². The Morgan fingerprint density at radius 2 is 2.04 bits per heavy atom. The molecule has 2 fully saturated rings. The van der Waals surface area contributed by atoms with E-state index in [1.165, 1.54) is 0 Å². The van der Waals surface area contributed by atoms with Gasteiger partial charge in [-0.2, -0.15) is 0 Å². The van der Waals surface area contributed by atoms with Gasteiger partial charge in [0.15, 0.2) is 0 Å². The largest absolute Gasteiger partial charge is 0.497 e. The normalized spacial score (nSPS) is 22.7. The first-order valence-corrected chi connectivity index (χ1v) is 9.43. The summed E-state index contributed by atoms with van der Waals surface area (Å²) < 4.78 is 10.3. The highest BCUT2D eigenvalue weighted by atomic mass is 16.5. The zero-order valence-electron chi connectivity index (χ0n) is 15.8. The van der Waals surface area contributed by atoms with Crippen molar-refractivity contribution in [1.82, 2.24) is 4.90 Å². The zero-order chi connectivity index (χ0) is 19.4. The molecule has 0 saturated carbocycles. The lowest BCUT2D eigenvalue weighted by Gasteiger charge is -2.33. The standard InChI is InChI=1S/C20H26N2O5/c1-3-27-20(25)14-6-5-9-21(12-14)19(24)15-10-18(23)22(13-15)16-7-4-8-17(11-16)26-2/h4,7-8,11,14-15H,3,5-6,9-10,12-13H2,1-2H3/t14-,15-/m1/s1. The van der Waals surface area contributed by atoms with Gasteiger partial charge in [-0.05, 0) is 31.9 Å². The van der Waals surface area contributed by atoms with Crippen LogP contribution >= 0.6 is 0 Å². The second-order valence-electron chi connectivity index (χ2n) is 6.98. The number of carbonyl (C=O) groups excluding carboxylic acids is 3. The van der Waals surface area contributed by atoms with Gasteiger partial charge in [-0.1, -0.05) is 6.07 Å². The van der Waals surface area contributed by atoms with Crippen LogP contribution < -0.4 is 9.64 Å². The molecule has 2 heterocycles. The summed E-state index contributed by atoms with van der Waals surface area (Å²) in [6, 6.07) is 7.27. The summed E-state index contributed by atoms with van der Waals surface area (Å²) in [5.41, 5.74) is 0.734. The molecule has 2 aliphatic heterocycles. The molecule has 7 heteroatoms. The number of amides is 2. The summed E-state index contributed by atoms with van der Waals surface area (Å²) in [7, 11) is 1.58. The van der Waals surface area contributed by atoms with E-state index >= 15 is 0 Å². The lowest BCUT2D eigenvalue weighted by atomic mass is 9.96. The average molecular weight is 374 g/mol. The predicted molar refractivity (Wildman–Crippen MR) is 99.4 cm³/mol. The highest BCUT2D eigenvalue weighted by Crippen LogP contribution is 2.30. The number of likely N-dealkylation sites (tertiary alicyclic amines) is 1. The molecule has 0 unspecified atom stereocenters. The molecule has 0 aliphatic carbocycles. The first kappa shape index (κ1) is 19.2. The third-order valence-electron chi connectivity index (χ3n) is 5.19. The van der Waals surface area contributed by atoms with E-state index in [2.05, 4.69) is 0 Å². The summed E-state index contributed by atoms with van der Waals surface area (Å²) in [5, 5.41) is 0. The van der Waals surface area contributed by atoms with Gasteiger partial charge in [0, 0.05) is 37.8 Å². The van der Waals surface area contributed by atoms with E-state index in [0.29, 0.717) is 32.0 Å². The summed E-state index contributed by atoms with van der Waals surface area (Å²) in [5.74, 6) is -0.346. The third kappa shape index (κ3) is 4.23. The minimum Gasteiger partial charge on any atom is -0.497 e. The van der Waals surface area contributed by atoms with Gasteiger partial charge in [-0.3, -0.25) is 14.4 Å². The van der Waals surface area contributed by atoms with Crippen molar-refractivity contribution in [3.63, 3.8) is 0 Å². The number of methoxy groups -OCH3 is 1. The van der Waals surface area contributed by atoms with Crippen LogP contribution in [0.5, 0.6) is 5.75 Å². The lowest BCUT2D eigenvalue weighted by molar-refractivity contribution is -0.152. The molecule has 0 radical (unpaired) electrons. The van der Waals surface area contributed by atoms with Crippen molar-refractivity contribution < 1.29 is 23.9 Å². The molecule has 0 aromatic heterocycles. The maximum absolute atomic E-state index is 12.9. The van der Waals surface area contributed by atoms with Crippen molar-refractivity contribution in [2.24, 2.45) is 11.8 Å². The third-order valence-corrected chi connectivity index (χ3v) is 5.19. The quantitative estimate of drug-likeness (QED) is 0.735. The molecule has 7 nitrogen and oxygen atoms in total. The smallest absolute Gasteiger partial charge is 0.310 e. The van der Waals surface area contributed by atoms with Gasteiger partial charge in [0.2, 0.25) is 11.8 Å². The maximum atomic E-state index is 12.9. The first-order chi connectivity index (χ1) is 13.0. The van der Waals surface area contributed by atoms with Gasteiger partial charge in [-0.15, -0.1) is 0 Å². The van der Waals surface area contributed by atoms with Crippen LogP contribution in [0.3, 0.4) is 0 Å². The molecule has 3 rings (SSSR count). The van der Waals surface area contributed by atoms with Gasteiger partial charge < -0.3 is 19.3 Å². The molecule has 1 aromatic rings. The number of nitrogens with zero attached hydrogens (tertiary/aromatic N) is 2. The Balaban J connectivity index is 1.65. The van der Waals surface area contributed by atoms with Crippen LogP contribution in [0.2, 0.25) is 0 Å². The number of esters is 1. The number of piperidine rings is 1. The molecule has 0 spiro atoms. The Labute approximate surface area is 159 Å². The molecule has 27 heavy (non-hydrogen) atoms. The van der Waals surface area contributed by atoms with Crippen molar-refractivity contribution in [2.75, 3.05) is 38.3 Å². The van der Waals surface area contributed by atoms with Crippen molar-refractivity contribution in [2.45, 2.75) is 26.2 Å². The molecule has 0 N–H and O–H groups in total. The van der Waals surface area contributed by atoms with Crippen LogP contribution in [-0.2, 0) is 19.1 Å². The summed E-state index contributed by atoms with van der Waals surface area (Å²) in [4.78, 5) is 40.8. The Morgan fingerprint density at radius 3 is 2.78 bits per heavy atom. The van der Waals surface area contributed by atoms with E-state index in [-0.39, 0.29) is 36.0 Å². The van der Waals surface area contributed by atoms with Gasteiger partial charge in [0.1, 0.15) is 5.75 Å². The van der Waals surface area contributed by atoms with E-state index in [1.54, 1.807) is 29.9 Å². The van der Waals surface area contributed by atoms with Gasteiger partial charge in [0.25, 0.3) is 0 Å². The van der Waals surface area contributed by atoms with Crippen molar-refractivity contribution in [3.05, 3.63) is 24.3 Å². The number of benzene rings is 1. The monoisotopic (exact) mass is 374 g/mol. The summed E-state index contributed by atoms with van der Waals surface area (Å²) in [6.45, 7) is 3.47. The van der Waals surface area contributed by atoms with E-state index in [1.807, 2.05) is 18.2 Å². The van der Waals surface area contributed by atoms with Crippen LogP contribution in [0.15, 0.2) is 24.3 Å². The number of ether oxygens (including phenoxy) is 2. The van der Waals surface area contributed by atoms with Crippen LogP contribution in [0, 0.1) is 11.8 Å². The minimum absolute atomic E-state index is 0.0530. The number of rotatable bonds is 5. The fourth-order valence-electron chi connectivity index (χ4n) is 3.79. The first-order valence-electron chi connectivity index (χ1n) is 9.43. The van der Waals surface area contributed by atoms with Crippen LogP contribution in [0.4, 0.5) is 5.69 Å². The van der Waals surface area contributed by atoms with E-state index in [9.17, 15) is 14.4 Å². The molecule has 146 valence electrons. The summed E-state index contributed by atoms with van der Waals surface area (Å²) >= 11 is 0. The highest BCUT2D eigenvalue weighted by Gasteiger charge is 2.39. The fourth-order valence-corrected chi connectivity index (χ4v) is 3.79. The molecule has 2 aliphatic rings. The second kappa shape index (κ2) is 8.41. The topological polar surface area (TPSA) is 76.2 Å². The number of carbonyl (C=O) groups is 3. The Kier molecular flexibility index (Phi) is 5.98. The SMILES string of the molecule is CCOC(=O)[C@@H]1CCCN(C(=O)[C@@H]2CC(=O)N(c3cccc(OC)c3)C2)C1. The molecule has 1 aromatic carbocycles. The number of anilines is 1. The predicted octanol–water partition coefficient (Wildman–Crippen LogP) is 1.85. The van der Waals surface area contributed by atoms with Crippen molar-refractivity contribution in [3.8, 4) is 5.75 Å². The summed E-state index contributed by atoms with van der Waals surface area (Å²) in [6.07, 6.45) is 1.70. The second-order valence-corrected chi connectivity index (χ2v) is 6.98. The van der Waals surface area contributed by atoms with Crippen molar-refractivity contribution in [1.29, 1.82) is 0 Å². The lowest BCUT2D eigenvalue weighted by Crippen LogP contribution is -2.45. The van der Waals surface area contributed by atoms with Gasteiger partial charge >= 0.3 is 5.97 Å². The molecular formula is C20H26N2O5. The van der Waals surface area contributed by atoms with Crippen LogP contribution in [-0.4, -0.2) is 56.0 Å². The molecule has 2 saturated heterocycles. The average Bonchev–Trinajstić information content (AvgIpc) is 3.09. The van der Waals surface area contributed by atoms with E-state index in [4.69, 9.17) is 9.47 Å². The highest BCUT2D eigenvalue weighted by molar-refractivity contribution is 6.00. The van der Waals surface area contributed by atoms with E-state index in [0.717, 1.165) is 18.5 Å².